The van der Waals surface area contributed by atoms with Crippen LogP contribution >= 0.6 is 22.9 Å². The lowest BCUT2D eigenvalue weighted by Gasteiger charge is -2.12. The number of hydrogen-bond acceptors (Lipinski definition) is 7. The minimum Gasteiger partial charge on any atom is -0.477 e. The Morgan fingerprint density at radius 3 is 2.19 bits per heavy atom. The number of rotatable bonds is 7. The van der Waals surface area contributed by atoms with Crippen molar-refractivity contribution in [3.63, 3.8) is 0 Å². The van der Waals surface area contributed by atoms with Crippen LogP contribution in [0.1, 0.15) is 29.9 Å². The van der Waals surface area contributed by atoms with E-state index < -0.39 is 17.8 Å². The SMILES string of the molecule is CCOc1ncnc(OCC)c1C(=O)Nc1nc(C(F)(F)F)c(-c2ccc(Cl)cc2)s1. The highest BCUT2D eigenvalue weighted by atomic mass is 35.5. The van der Waals surface area contributed by atoms with Gasteiger partial charge in [0, 0.05) is 5.02 Å². The standard InChI is InChI=1S/C19H16ClF3N4O3S/c1-3-29-16-12(17(30-4-2)25-9-24-16)15(28)27-18-26-14(19(21,22)23)13(31-18)10-5-7-11(20)8-6-10/h5-9H,3-4H2,1-2H3,(H,26,27,28). The van der Waals surface area contributed by atoms with E-state index in [1.165, 1.54) is 24.3 Å². The number of anilines is 1. The summed E-state index contributed by atoms with van der Waals surface area (Å²) in [6.45, 7) is 3.80. The second-order valence-corrected chi connectivity index (χ2v) is 7.32. The normalized spacial score (nSPS) is 11.3. The van der Waals surface area contributed by atoms with Gasteiger partial charge in [0.05, 0.1) is 18.1 Å². The Morgan fingerprint density at radius 2 is 1.68 bits per heavy atom. The molecule has 1 N–H and O–H groups in total. The number of halogens is 4. The molecule has 1 aromatic carbocycles. The molecule has 0 spiro atoms. The highest BCUT2D eigenvalue weighted by Crippen LogP contribution is 2.42. The van der Waals surface area contributed by atoms with Crippen molar-refractivity contribution in [3.8, 4) is 22.2 Å². The summed E-state index contributed by atoms with van der Waals surface area (Å²) in [5, 5.41) is 2.50. The molecule has 0 bridgehead atoms. The fourth-order valence-electron chi connectivity index (χ4n) is 2.56. The van der Waals surface area contributed by atoms with Crippen molar-refractivity contribution in [2.75, 3.05) is 18.5 Å². The molecular formula is C19H16ClF3N4O3S. The van der Waals surface area contributed by atoms with Crippen LogP contribution in [0.4, 0.5) is 18.3 Å². The van der Waals surface area contributed by atoms with Gasteiger partial charge >= 0.3 is 6.18 Å². The highest BCUT2D eigenvalue weighted by molar-refractivity contribution is 7.19. The Bertz CT molecular complexity index is 1050. The smallest absolute Gasteiger partial charge is 0.434 e. The summed E-state index contributed by atoms with van der Waals surface area (Å²) in [4.78, 5) is 24.1. The number of carbonyl (C=O) groups excluding carboxylic acids is 1. The molecule has 7 nitrogen and oxygen atoms in total. The van der Waals surface area contributed by atoms with Crippen LogP contribution in [0.25, 0.3) is 10.4 Å². The number of ether oxygens (including phenoxy) is 2. The molecule has 2 heterocycles. The molecule has 0 fully saturated rings. The summed E-state index contributed by atoms with van der Waals surface area (Å²) in [5.41, 5.74) is -0.986. The Hall–Kier alpha value is -2.92. The topological polar surface area (TPSA) is 86.2 Å². The maximum absolute atomic E-state index is 13.6. The van der Waals surface area contributed by atoms with E-state index in [1.54, 1.807) is 13.8 Å². The lowest BCUT2D eigenvalue weighted by molar-refractivity contribution is -0.140. The van der Waals surface area contributed by atoms with Gasteiger partial charge in [-0.1, -0.05) is 35.1 Å². The molecule has 0 saturated heterocycles. The number of thiazole rings is 1. The predicted molar refractivity (Wildman–Crippen MR) is 110 cm³/mol. The van der Waals surface area contributed by atoms with Crippen LogP contribution < -0.4 is 14.8 Å². The van der Waals surface area contributed by atoms with E-state index in [9.17, 15) is 18.0 Å². The van der Waals surface area contributed by atoms with Crippen LogP contribution in [0.5, 0.6) is 11.8 Å². The largest absolute Gasteiger partial charge is 0.477 e. The van der Waals surface area contributed by atoms with E-state index in [-0.39, 0.29) is 46.1 Å². The summed E-state index contributed by atoms with van der Waals surface area (Å²) in [7, 11) is 0. The Labute approximate surface area is 184 Å². The van der Waals surface area contributed by atoms with Crippen molar-refractivity contribution in [3.05, 3.63) is 46.9 Å². The third-order valence-electron chi connectivity index (χ3n) is 3.79. The zero-order valence-electron chi connectivity index (χ0n) is 16.3. The van der Waals surface area contributed by atoms with Crippen molar-refractivity contribution < 1.29 is 27.4 Å². The zero-order chi connectivity index (χ0) is 22.6. The van der Waals surface area contributed by atoms with Crippen molar-refractivity contribution >= 4 is 34.0 Å². The molecule has 0 unspecified atom stereocenters. The van der Waals surface area contributed by atoms with E-state index in [0.29, 0.717) is 16.4 Å². The van der Waals surface area contributed by atoms with Crippen LogP contribution in [0.2, 0.25) is 5.02 Å². The highest BCUT2D eigenvalue weighted by Gasteiger charge is 2.38. The summed E-state index contributed by atoms with van der Waals surface area (Å²) >= 11 is 6.50. The number of alkyl halides is 3. The molecule has 3 rings (SSSR count). The molecule has 0 aliphatic heterocycles. The molecule has 0 radical (unpaired) electrons. The minimum absolute atomic E-state index is 0.0519. The van der Waals surface area contributed by atoms with Crippen LogP contribution in [-0.4, -0.2) is 34.1 Å². The first-order chi connectivity index (χ1) is 14.7. The van der Waals surface area contributed by atoms with Crippen LogP contribution in [0.15, 0.2) is 30.6 Å². The van der Waals surface area contributed by atoms with Crippen molar-refractivity contribution in [2.45, 2.75) is 20.0 Å². The molecule has 0 saturated carbocycles. The second kappa shape index (κ2) is 9.48. The average Bonchev–Trinajstić information content (AvgIpc) is 3.13. The van der Waals surface area contributed by atoms with Gasteiger partial charge in [0.2, 0.25) is 11.8 Å². The van der Waals surface area contributed by atoms with Crippen LogP contribution in [0.3, 0.4) is 0 Å². The molecule has 1 amide bonds. The number of amides is 1. The molecule has 31 heavy (non-hydrogen) atoms. The maximum atomic E-state index is 13.6. The Balaban J connectivity index is 2.00. The monoisotopic (exact) mass is 472 g/mol. The van der Waals surface area contributed by atoms with Gasteiger partial charge in [-0.25, -0.2) is 15.0 Å². The first kappa shape index (κ1) is 22.8. The van der Waals surface area contributed by atoms with E-state index in [2.05, 4.69) is 20.3 Å². The molecule has 164 valence electrons. The van der Waals surface area contributed by atoms with E-state index >= 15 is 0 Å². The van der Waals surface area contributed by atoms with Crippen molar-refractivity contribution in [2.24, 2.45) is 0 Å². The third-order valence-corrected chi connectivity index (χ3v) is 5.06. The lowest BCUT2D eigenvalue weighted by atomic mass is 10.1. The molecule has 2 aromatic heterocycles. The minimum atomic E-state index is -4.72. The second-order valence-electron chi connectivity index (χ2n) is 5.88. The first-order valence-electron chi connectivity index (χ1n) is 9.00. The van der Waals surface area contributed by atoms with E-state index in [0.717, 1.165) is 6.33 Å². The summed E-state index contributed by atoms with van der Waals surface area (Å²) < 4.78 is 51.4. The molecular weight excluding hydrogens is 457 g/mol. The fourth-order valence-corrected chi connectivity index (χ4v) is 3.68. The summed E-state index contributed by atoms with van der Waals surface area (Å²) in [6.07, 6.45) is -3.56. The number of benzene rings is 1. The Kier molecular flexibility index (Phi) is 6.96. The molecule has 3 aromatic rings. The quantitative estimate of drug-likeness (QED) is 0.500. The first-order valence-corrected chi connectivity index (χ1v) is 10.2. The van der Waals surface area contributed by atoms with E-state index in [1.807, 2.05) is 0 Å². The lowest BCUT2D eigenvalue weighted by Crippen LogP contribution is -2.17. The number of hydrogen-bond donors (Lipinski definition) is 1. The van der Waals surface area contributed by atoms with Gasteiger partial charge in [0.1, 0.15) is 6.33 Å². The summed E-state index contributed by atoms with van der Waals surface area (Å²) in [6, 6.07) is 5.84. The number of aromatic nitrogens is 3. The summed E-state index contributed by atoms with van der Waals surface area (Å²) in [5.74, 6) is -0.911. The molecule has 0 aliphatic rings. The van der Waals surface area contributed by atoms with Crippen LogP contribution in [-0.2, 0) is 6.18 Å². The van der Waals surface area contributed by atoms with Gasteiger partial charge in [0.15, 0.2) is 16.4 Å². The van der Waals surface area contributed by atoms with Crippen molar-refractivity contribution in [1.29, 1.82) is 0 Å². The maximum Gasteiger partial charge on any atom is 0.434 e. The van der Waals surface area contributed by atoms with Crippen molar-refractivity contribution in [1.82, 2.24) is 15.0 Å². The van der Waals surface area contributed by atoms with Gasteiger partial charge in [-0.2, -0.15) is 13.2 Å². The zero-order valence-corrected chi connectivity index (χ0v) is 17.9. The van der Waals surface area contributed by atoms with Gasteiger partial charge < -0.3 is 9.47 Å². The fraction of sp³-hybridized carbons (Fsp3) is 0.263. The predicted octanol–water partition coefficient (Wildman–Crippen LogP) is 5.32. The van der Waals surface area contributed by atoms with Gasteiger partial charge in [-0.15, -0.1) is 0 Å². The Morgan fingerprint density at radius 1 is 1.10 bits per heavy atom. The molecule has 12 heteroatoms. The van der Waals surface area contributed by atoms with Gasteiger partial charge in [-0.3, -0.25) is 10.1 Å². The average molecular weight is 473 g/mol. The van der Waals surface area contributed by atoms with Gasteiger partial charge in [0.25, 0.3) is 5.91 Å². The number of nitrogens with zero attached hydrogens (tertiary/aromatic N) is 3. The van der Waals surface area contributed by atoms with Crippen LogP contribution in [0, 0.1) is 0 Å². The van der Waals surface area contributed by atoms with Gasteiger partial charge in [-0.05, 0) is 31.5 Å². The molecule has 0 aliphatic carbocycles. The number of nitrogens with one attached hydrogen (secondary N) is 1. The number of carbonyl (C=O) groups is 1. The van der Waals surface area contributed by atoms with E-state index in [4.69, 9.17) is 21.1 Å². The molecule has 0 atom stereocenters. The third kappa shape index (κ3) is 5.23.